The van der Waals surface area contributed by atoms with E-state index < -0.39 is 12.1 Å². The number of carboxylic acids is 1. The van der Waals surface area contributed by atoms with E-state index in [-0.39, 0.29) is 5.56 Å². The molecular weight excluding hydrogens is 349 g/mol. The summed E-state index contributed by atoms with van der Waals surface area (Å²) in [4.78, 5) is 27.8. The van der Waals surface area contributed by atoms with Crippen molar-refractivity contribution < 1.29 is 19.1 Å². The van der Waals surface area contributed by atoms with Crippen molar-refractivity contribution in [2.75, 3.05) is 20.1 Å². The Balaban J connectivity index is 0.000000253. The van der Waals surface area contributed by atoms with Gasteiger partial charge in [-0.2, -0.15) is 0 Å². The fourth-order valence-corrected chi connectivity index (χ4v) is 2.96. The number of aromatic carboxylic acids is 1. The summed E-state index contributed by atoms with van der Waals surface area (Å²) in [6.45, 7) is 1.57. The van der Waals surface area contributed by atoms with Gasteiger partial charge in [-0.15, -0.1) is 0 Å². The van der Waals surface area contributed by atoms with Gasteiger partial charge in [0.25, 0.3) is 0 Å². The number of pyridine rings is 1. The van der Waals surface area contributed by atoms with Gasteiger partial charge in [-0.1, -0.05) is 0 Å². The number of rotatable bonds is 3. The number of alkyl halides is 1. The minimum Gasteiger partial charge on any atom is -0.478 e. The fraction of sp³-hybridized carbons (Fsp3) is 0.250. The van der Waals surface area contributed by atoms with Crippen molar-refractivity contribution in [1.82, 2.24) is 14.5 Å². The highest BCUT2D eigenvalue weighted by molar-refractivity contribution is 5.88. The van der Waals surface area contributed by atoms with Crippen molar-refractivity contribution in [2.45, 2.75) is 12.6 Å². The second-order valence-electron chi connectivity index (χ2n) is 6.49. The third kappa shape index (κ3) is 4.38. The summed E-state index contributed by atoms with van der Waals surface area (Å²) in [5, 5.41) is 9.74. The van der Waals surface area contributed by atoms with Crippen molar-refractivity contribution >= 4 is 23.3 Å². The maximum atomic E-state index is 12.1. The predicted octanol–water partition coefficient (Wildman–Crippen LogP) is 3.20. The zero-order chi connectivity index (χ0) is 19.4. The maximum absolute atomic E-state index is 12.1. The molecule has 3 aromatic rings. The molecule has 3 heterocycles. The molecule has 0 bridgehead atoms. The van der Waals surface area contributed by atoms with Gasteiger partial charge in [0.05, 0.1) is 5.56 Å². The lowest BCUT2D eigenvalue weighted by Crippen LogP contribution is -2.13. The van der Waals surface area contributed by atoms with Crippen LogP contribution >= 0.6 is 0 Å². The number of aromatic nitrogens is 2. The molecule has 2 aromatic heterocycles. The molecule has 1 aliphatic heterocycles. The number of halogens is 1. The molecule has 4 rings (SSSR count). The number of carbonyl (C=O) groups is 2. The molecule has 1 saturated heterocycles. The lowest BCUT2D eigenvalue weighted by molar-refractivity contribution is 0.0696. The Hall–Kier alpha value is -3.06. The average Bonchev–Trinajstić information content (AvgIpc) is 3.27. The molecule has 27 heavy (non-hydrogen) atoms. The van der Waals surface area contributed by atoms with E-state index in [2.05, 4.69) is 4.98 Å². The summed E-state index contributed by atoms with van der Waals surface area (Å²) in [6, 6.07) is 10.2. The second kappa shape index (κ2) is 8.09. The minimum atomic E-state index is -0.956. The Kier molecular flexibility index (Phi) is 5.61. The highest BCUT2D eigenvalue weighted by atomic mass is 19.1. The molecule has 1 atom stereocenters. The Morgan fingerprint density at radius 1 is 1.30 bits per heavy atom. The zero-order valence-corrected chi connectivity index (χ0v) is 14.9. The van der Waals surface area contributed by atoms with E-state index in [0.717, 1.165) is 36.0 Å². The van der Waals surface area contributed by atoms with E-state index in [4.69, 9.17) is 5.11 Å². The van der Waals surface area contributed by atoms with E-state index in [1.54, 1.807) is 30.3 Å². The molecule has 6 nitrogen and oxygen atoms in total. The van der Waals surface area contributed by atoms with Gasteiger partial charge >= 0.3 is 5.97 Å². The number of fused-ring (bicyclic) bond motifs is 1. The molecule has 0 aliphatic carbocycles. The Morgan fingerprint density at radius 2 is 2.04 bits per heavy atom. The highest BCUT2D eigenvalue weighted by Gasteiger charge is 2.17. The lowest BCUT2D eigenvalue weighted by atomic mass is 10.2. The molecule has 1 aliphatic rings. The average molecular weight is 369 g/mol. The monoisotopic (exact) mass is 369 g/mol. The first-order chi connectivity index (χ1) is 13.0. The van der Waals surface area contributed by atoms with Crippen molar-refractivity contribution in [2.24, 2.45) is 0 Å². The second-order valence-corrected chi connectivity index (χ2v) is 6.49. The summed E-state index contributed by atoms with van der Waals surface area (Å²) in [5.41, 5.74) is 2.30. The molecule has 1 N–H and O–H groups in total. The number of likely N-dealkylation sites (tertiary alicyclic amines) is 1. The topological polar surface area (TPSA) is 75.4 Å². The number of hydrogen-bond donors (Lipinski definition) is 1. The quantitative estimate of drug-likeness (QED) is 0.718. The summed E-state index contributed by atoms with van der Waals surface area (Å²) in [7, 11) is 1.94. The molecular formula is C20H20FN3O3. The van der Waals surface area contributed by atoms with Crippen LogP contribution in [0, 0.1) is 0 Å². The van der Waals surface area contributed by atoms with E-state index in [1.165, 1.54) is 6.20 Å². The molecule has 1 fully saturated rings. The Bertz CT molecular complexity index is 945. The first kappa shape index (κ1) is 18.7. The smallest absolute Gasteiger partial charge is 0.335 e. The van der Waals surface area contributed by atoms with Crippen LogP contribution in [-0.2, 0) is 0 Å². The normalized spacial score (nSPS) is 16.7. The zero-order valence-electron chi connectivity index (χ0n) is 14.9. The van der Waals surface area contributed by atoms with Crippen LogP contribution < -0.4 is 0 Å². The molecule has 7 heteroatoms. The summed E-state index contributed by atoms with van der Waals surface area (Å²) >= 11 is 0. The van der Waals surface area contributed by atoms with Crippen LogP contribution in [0.3, 0.4) is 0 Å². The van der Waals surface area contributed by atoms with Gasteiger partial charge in [0.1, 0.15) is 11.8 Å². The number of hydrogen-bond acceptors (Lipinski definition) is 4. The predicted molar refractivity (Wildman–Crippen MR) is 100 cm³/mol. The van der Waals surface area contributed by atoms with Gasteiger partial charge in [0, 0.05) is 42.1 Å². The standard InChI is InChI=1S/C15H10N2O3.C5H10FN/c18-9-10-7-12-5-6-17(14(12)16-8-10)13-3-1-11(2-4-13)15(19)20;1-7-3-2-5(6)4-7/h1-9H,(H,19,20);5H,2-4H2,1H3. The first-order valence-electron chi connectivity index (χ1n) is 8.56. The molecule has 140 valence electrons. The molecule has 0 saturated carbocycles. The van der Waals surface area contributed by atoms with Gasteiger partial charge < -0.3 is 14.6 Å². The first-order valence-corrected chi connectivity index (χ1v) is 8.56. The maximum Gasteiger partial charge on any atom is 0.335 e. The minimum absolute atomic E-state index is 0.237. The van der Waals surface area contributed by atoms with E-state index in [1.807, 2.05) is 28.8 Å². The molecule has 0 amide bonds. The fourth-order valence-electron chi connectivity index (χ4n) is 2.96. The van der Waals surface area contributed by atoms with Crippen LogP contribution in [-0.4, -0.2) is 58.1 Å². The van der Waals surface area contributed by atoms with Gasteiger partial charge in [-0.25, -0.2) is 14.2 Å². The Labute approximate surface area is 155 Å². The van der Waals surface area contributed by atoms with Gasteiger partial charge in [-0.3, -0.25) is 4.79 Å². The molecule has 0 radical (unpaired) electrons. The van der Waals surface area contributed by atoms with E-state index in [9.17, 15) is 14.0 Å². The largest absolute Gasteiger partial charge is 0.478 e. The third-order valence-electron chi connectivity index (χ3n) is 4.41. The van der Waals surface area contributed by atoms with Crippen LogP contribution in [0.4, 0.5) is 4.39 Å². The number of benzene rings is 1. The van der Waals surface area contributed by atoms with E-state index >= 15 is 0 Å². The summed E-state index contributed by atoms with van der Waals surface area (Å²) in [5.74, 6) is -0.956. The Morgan fingerprint density at radius 3 is 2.56 bits per heavy atom. The van der Waals surface area contributed by atoms with Crippen molar-refractivity contribution in [1.29, 1.82) is 0 Å². The van der Waals surface area contributed by atoms with Crippen molar-refractivity contribution in [3.8, 4) is 5.69 Å². The van der Waals surface area contributed by atoms with Crippen LogP contribution in [0.2, 0.25) is 0 Å². The van der Waals surface area contributed by atoms with Crippen LogP contribution in [0.1, 0.15) is 27.1 Å². The summed E-state index contributed by atoms with van der Waals surface area (Å²) in [6.07, 6.45) is 4.28. The number of nitrogens with zero attached hydrogens (tertiary/aromatic N) is 3. The van der Waals surface area contributed by atoms with Crippen molar-refractivity contribution in [3.63, 3.8) is 0 Å². The van der Waals surface area contributed by atoms with E-state index in [0.29, 0.717) is 12.1 Å². The van der Waals surface area contributed by atoms with Crippen LogP contribution in [0.5, 0.6) is 0 Å². The summed E-state index contributed by atoms with van der Waals surface area (Å²) < 4.78 is 14.0. The van der Waals surface area contributed by atoms with Gasteiger partial charge in [0.2, 0.25) is 0 Å². The molecule has 1 aromatic carbocycles. The number of carbonyl (C=O) groups excluding carboxylic acids is 1. The molecule has 1 unspecified atom stereocenters. The lowest BCUT2D eigenvalue weighted by Gasteiger charge is -2.05. The third-order valence-corrected chi connectivity index (χ3v) is 4.41. The number of carboxylic acid groups (broad SMARTS) is 1. The van der Waals surface area contributed by atoms with Crippen LogP contribution in [0.25, 0.3) is 16.7 Å². The van der Waals surface area contributed by atoms with Crippen LogP contribution in [0.15, 0.2) is 48.8 Å². The highest BCUT2D eigenvalue weighted by Crippen LogP contribution is 2.19. The number of aldehydes is 1. The SMILES string of the molecule is CN1CCC(F)C1.O=Cc1cnc2c(ccn2-c2ccc(C(=O)O)cc2)c1. The molecule has 0 spiro atoms. The van der Waals surface area contributed by atoms with Gasteiger partial charge in [0.15, 0.2) is 6.29 Å². The van der Waals surface area contributed by atoms with Crippen molar-refractivity contribution in [3.05, 3.63) is 59.9 Å². The van der Waals surface area contributed by atoms with Gasteiger partial charge in [-0.05, 0) is 49.9 Å².